The Hall–Kier alpha value is -1.78. The minimum Gasteiger partial charge on any atom is -0.481 e. The van der Waals surface area contributed by atoms with Gasteiger partial charge in [-0.3, -0.25) is 9.59 Å². The zero-order valence-electron chi connectivity index (χ0n) is 12.2. The van der Waals surface area contributed by atoms with Crippen molar-refractivity contribution in [2.24, 2.45) is 5.92 Å². The van der Waals surface area contributed by atoms with Crippen LogP contribution < -0.4 is 5.32 Å². The van der Waals surface area contributed by atoms with Gasteiger partial charge in [-0.25, -0.2) is 0 Å². The maximum atomic E-state index is 12.0. The van der Waals surface area contributed by atoms with Crippen molar-refractivity contribution in [1.82, 2.24) is 5.32 Å². The number of aryl methyl sites for hydroxylation is 1. The molecular formula is C16H23NO4. The lowest BCUT2D eigenvalue weighted by Crippen LogP contribution is -2.44. The Labute approximate surface area is 124 Å². The van der Waals surface area contributed by atoms with Crippen LogP contribution in [0, 0.1) is 5.92 Å². The van der Waals surface area contributed by atoms with Crippen LogP contribution in [0.2, 0.25) is 0 Å². The molecule has 0 aromatic carbocycles. The third-order valence-electron chi connectivity index (χ3n) is 4.11. The van der Waals surface area contributed by atoms with Crippen LogP contribution in [0.5, 0.6) is 0 Å². The van der Waals surface area contributed by atoms with Gasteiger partial charge in [-0.15, -0.1) is 0 Å². The first-order valence-corrected chi connectivity index (χ1v) is 7.71. The summed E-state index contributed by atoms with van der Waals surface area (Å²) in [7, 11) is 0. The van der Waals surface area contributed by atoms with Crippen LogP contribution in [0.4, 0.5) is 0 Å². The van der Waals surface area contributed by atoms with E-state index in [-0.39, 0.29) is 11.9 Å². The van der Waals surface area contributed by atoms with Gasteiger partial charge in [0.25, 0.3) is 0 Å². The Morgan fingerprint density at radius 2 is 2.00 bits per heavy atom. The molecule has 5 heteroatoms. The summed E-state index contributed by atoms with van der Waals surface area (Å²) in [4.78, 5) is 23.4. The second-order valence-electron chi connectivity index (χ2n) is 5.69. The van der Waals surface area contributed by atoms with E-state index in [9.17, 15) is 14.7 Å². The van der Waals surface area contributed by atoms with E-state index in [0.29, 0.717) is 19.3 Å². The summed E-state index contributed by atoms with van der Waals surface area (Å²) in [6, 6.07) is 3.39. The predicted octanol–water partition coefficient (Wildman–Crippen LogP) is 2.75. The number of carbonyl (C=O) groups is 2. The Morgan fingerprint density at radius 3 is 2.67 bits per heavy atom. The average molecular weight is 293 g/mol. The lowest BCUT2D eigenvalue weighted by molar-refractivity contribution is -0.143. The SMILES string of the molecule is O=C(CCc1ccco1)NC1CCCCCCC1C(=O)O. The van der Waals surface area contributed by atoms with Gasteiger partial charge in [0, 0.05) is 18.9 Å². The molecule has 0 spiro atoms. The number of carboxylic acids is 1. The molecule has 0 saturated heterocycles. The zero-order chi connectivity index (χ0) is 15.1. The summed E-state index contributed by atoms with van der Waals surface area (Å²) >= 11 is 0. The highest BCUT2D eigenvalue weighted by Gasteiger charge is 2.29. The normalized spacial score (nSPS) is 23.0. The van der Waals surface area contributed by atoms with Crippen molar-refractivity contribution in [1.29, 1.82) is 0 Å². The fourth-order valence-corrected chi connectivity index (χ4v) is 2.92. The van der Waals surface area contributed by atoms with E-state index in [1.807, 2.05) is 6.07 Å². The first kappa shape index (κ1) is 15.6. The summed E-state index contributed by atoms with van der Waals surface area (Å²) in [6.45, 7) is 0. The summed E-state index contributed by atoms with van der Waals surface area (Å²) in [5.41, 5.74) is 0. The Balaban J connectivity index is 1.87. The van der Waals surface area contributed by atoms with E-state index >= 15 is 0 Å². The largest absolute Gasteiger partial charge is 0.481 e. The van der Waals surface area contributed by atoms with E-state index < -0.39 is 11.9 Å². The summed E-state index contributed by atoms with van der Waals surface area (Å²) in [6.07, 6.45) is 7.97. The molecule has 1 aliphatic rings. The molecular weight excluding hydrogens is 270 g/mol. The molecule has 0 bridgehead atoms. The van der Waals surface area contributed by atoms with Gasteiger partial charge in [-0.2, -0.15) is 0 Å². The Morgan fingerprint density at radius 1 is 1.24 bits per heavy atom. The van der Waals surface area contributed by atoms with Crippen LogP contribution in [0.1, 0.15) is 50.7 Å². The molecule has 2 unspecified atom stereocenters. The van der Waals surface area contributed by atoms with Crippen molar-refractivity contribution in [3.63, 3.8) is 0 Å². The molecule has 2 N–H and O–H groups in total. The third-order valence-corrected chi connectivity index (χ3v) is 4.11. The van der Waals surface area contributed by atoms with E-state index in [4.69, 9.17) is 4.42 Å². The molecule has 1 saturated carbocycles. The van der Waals surface area contributed by atoms with Crippen LogP contribution in [0.3, 0.4) is 0 Å². The van der Waals surface area contributed by atoms with E-state index in [1.165, 1.54) is 0 Å². The monoisotopic (exact) mass is 293 g/mol. The molecule has 116 valence electrons. The summed E-state index contributed by atoms with van der Waals surface area (Å²) in [5.74, 6) is -0.577. The smallest absolute Gasteiger partial charge is 0.308 e. The first-order chi connectivity index (χ1) is 10.2. The number of nitrogens with one attached hydrogen (secondary N) is 1. The lowest BCUT2D eigenvalue weighted by Gasteiger charge is -2.27. The number of rotatable bonds is 5. The van der Waals surface area contributed by atoms with Gasteiger partial charge in [0.1, 0.15) is 5.76 Å². The molecule has 5 nitrogen and oxygen atoms in total. The quantitative estimate of drug-likeness (QED) is 0.875. The molecule has 0 radical (unpaired) electrons. The minimum atomic E-state index is -0.798. The predicted molar refractivity (Wildman–Crippen MR) is 77.8 cm³/mol. The number of hydrogen-bond acceptors (Lipinski definition) is 3. The summed E-state index contributed by atoms with van der Waals surface area (Å²) in [5, 5.41) is 12.3. The van der Waals surface area contributed by atoms with Gasteiger partial charge in [0.15, 0.2) is 0 Å². The molecule has 1 aliphatic carbocycles. The van der Waals surface area contributed by atoms with Gasteiger partial charge in [0.2, 0.25) is 5.91 Å². The number of furan rings is 1. The van der Waals surface area contributed by atoms with Crippen LogP contribution in [0.15, 0.2) is 22.8 Å². The average Bonchev–Trinajstić information content (AvgIpc) is 2.92. The fraction of sp³-hybridized carbons (Fsp3) is 0.625. The number of hydrogen-bond donors (Lipinski definition) is 2. The minimum absolute atomic E-state index is 0.0942. The molecule has 1 aromatic rings. The molecule has 1 aromatic heterocycles. The number of carboxylic acid groups (broad SMARTS) is 1. The highest BCUT2D eigenvalue weighted by atomic mass is 16.4. The molecule has 2 rings (SSSR count). The van der Waals surface area contributed by atoms with Crippen LogP contribution in [-0.2, 0) is 16.0 Å². The van der Waals surface area contributed by atoms with Gasteiger partial charge < -0.3 is 14.8 Å². The van der Waals surface area contributed by atoms with Crippen LogP contribution in [0.25, 0.3) is 0 Å². The van der Waals surface area contributed by atoms with Crippen molar-refractivity contribution >= 4 is 11.9 Å². The van der Waals surface area contributed by atoms with Gasteiger partial charge in [0.05, 0.1) is 12.2 Å². The summed E-state index contributed by atoms with van der Waals surface area (Å²) < 4.78 is 5.20. The Kier molecular flexibility index (Phi) is 5.84. The van der Waals surface area contributed by atoms with Crippen molar-refractivity contribution in [2.45, 2.75) is 57.4 Å². The van der Waals surface area contributed by atoms with E-state index in [0.717, 1.165) is 37.9 Å². The van der Waals surface area contributed by atoms with Crippen molar-refractivity contribution in [3.8, 4) is 0 Å². The van der Waals surface area contributed by atoms with Crippen molar-refractivity contribution < 1.29 is 19.1 Å². The highest BCUT2D eigenvalue weighted by Crippen LogP contribution is 2.23. The zero-order valence-corrected chi connectivity index (χ0v) is 12.2. The number of aliphatic carboxylic acids is 1. The molecule has 21 heavy (non-hydrogen) atoms. The lowest BCUT2D eigenvalue weighted by atomic mass is 9.86. The maximum absolute atomic E-state index is 12.0. The van der Waals surface area contributed by atoms with Crippen molar-refractivity contribution in [3.05, 3.63) is 24.2 Å². The second-order valence-corrected chi connectivity index (χ2v) is 5.69. The number of carbonyl (C=O) groups excluding carboxylic acids is 1. The van der Waals surface area contributed by atoms with Gasteiger partial charge in [-0.1, -0.05) is 25.7 Å². The third kappa shape index (κ3) is 4.92. The molecule has 1 fully saturated rings. The molecule has 0 aliphatic heterocycles. The second kappa shape index (κ2) is 7.86. The van der Waals surface area contributed by atoms with E-state index in [1.54, 1.807) is 12.3 Å². The van der Waals surface area contributed by atoms with Crippen molar-refractivity contribution in [2.75, 3.05) is 0 Å². The standard InChI is InChI=1S/C16H23NO4/c18-15(10-9-12-6-5-11-21-12)17-14-8-4-2-1-3-7-13(14)16(19)20/h5-6,11,13-14H,1-4,7-10H2,(H,17,18)(H,19,20). The van der Waals surface area contributed by atoms with E-state index in [2.05, 4.69) is 5.32 Å². The fourth-order valence-electron chi connectivity index (χ4n) is 2.92. The maximum Gasteiger partial charge on any atom is 0.308 e. The molecule has 1 amide bonds. The van der Waals surface area contributed by atoms with Crippen LogP contribution in [-0.4, -0.2) is 23.0 Å². The van der Waals surface area contributed by atoms with Gasteiger partial charge in [-0.05, 0) is 25.0 Å². The Bertz CT molecular complexity index is 455. The topological polar surface area (TPSA) is 79.5 Å². The first-order valence-electron chi connectivity index (χ1n) is 7.71. The molecule has 1 heterocycles. The molecule has 2 atom stereocenters. The van der Waals surface area contributed by atoms with Crippen LogP contribution >= 0.6 is 0 Å². The van der Waals surface area contributed by atoms with Gasteiger partial charge >= 0.3 is 5.97 Å². The highest BCUT2D eigenvalue weighted by molar-refractivity contribution is 5.78. The number of amides is 1.